The molecule has 3 N–H and O–H groups in total. The molecule has 0 unspecified atom stereocenters. The second kappa shape index (κ2) is 10.2. The fourth-order valence-corrected chi connectivity index (χ4v) is 4.73. The van der Waals surface area contributed by atoms with Crippen molar-refractivity contribution in [2.75, 3.05) is 44.3 Å². The fraction of sp³-hybridized carbons (Fsp3) is 0.250. The summed E-state index contributed by atoms with van der Waals surface area (Å²) in [7, 11) is 2.15. The van der Waals surface area contributed by atoms with E-state index >= 15 is 0 Å². The van der Waals surface area contributed by atoms with Crippen LogP contribution in [0, 0.1) is 6.92 Å². The van der Waals surface area contributed by atoms with Crippen LogP contribution in [0.2, 0.25) is 5.02 Å². The van der Waals surface area contributed by atoms with Gasteiger partial charge in [-0.2, -0.15) is 0 Å². The first-order valence-corrected chi connectivity index (χ1v) is 12.4. The maximum Gasteiger partial charge on any atom is 0.255 e. The van der Waals surface area contributed by atoms with Crippen LogP contribution in [0.4, 0.5) is 11.6 Å². The van der Waals surface area contributed by atoms with Crippen LogP contribution in [0.15, 0.2) is 60.8 Å². The van der Waals surface area contributed by atoms with Crippen molar-refractivity contribution in [3.63, 3.8) is 0 Å². The Labute approximate surface area is 215 Å². The number of anilines is 2. The van der Waals surface area contributed by atoms with E-state index < -0.39 is 0 Å². The number of benzene rings is 3. The molecule has 1 amide bonds. The molecular formula is C28H29ClN6O. The molecule has 0 spiro atoms. The Morgan fingerprint density at radius 1 is 1.06 bits per heavy atom. The van der Waals surface area contributed by atoms with Crippen molar-refractivity contribution in [3.05, 3.63) is 82.5 Å². The van der Waals surface area contributed by atoms with Gasteiger partial charge in [0, 0.05) is 60.6 Å². The molecule has 1 aliphatic rings. The topological polar surface area (TPSA) is 87.4 Å². The van der Waals surface area contributed by atoms with Crippen LogP contribution in [0.3, 0.4) is 0 Å². The van der Waals surface area contributed by atoms with Gasteiger partial charge in [0.1, 0.15) is 0 Å². The number of nitrogen functional groups attached to an aromatic ring is 1. The highest BCUT2D eigenvalue weighted by molar-refractivity contribution is 6.31. The average Bonchev–Trinajstić information content (AvgIpc) is 2.87. The fourth-order valence-electron chi connectivity index (χ4n) is 4.49. The Balaban J connectivity index is 1.32. The molecule has 7 nitrogen and oxygen atoms in total. The van der Waals surface area contributed by atoms with Crippen LogP contribution in [-0.2, 0) is 6.54 Å². The molecule has 1 fully saturated rings. The number of nitrogens with zero attached hydrogens (tertiary/aromatic N) is 4. The Morgan fingerprint density at radius 3 is 2.64 bits per heavy atom. The average molecular weight is 501 g/mol. The number of piperazine rings is 1. The highest BCUT2D eigenvalue weighted by Crippen LogP contribution is 2.28. The smallest absolute Gasteiger partial charge is 0.255 e. The minimum absolute atomic E-state index is 0.184. The lowest BCUT2D eigenvalue weighted by Gasteiger charge is -2.32. The zero-order chi connectivity index (χ0) is 25.2. The van der Waals surface area contributed by atoms with Crippen LogP contribution < -0.4 is 11.1 Å². The highest BCUT2D eigenvalue weighted by Gasteiger charge is 2.16. The number of carbonyl (C=O) groups is 1. The lowest BCUT2D eigenvalue weighted by atomic mass is 9.97. The molecule has 0 saturated carbocycles. The Bertz CT molecular complexity index is 1430. The number of nitrogens with two attached hydrogens (primary N) is 1. The molecule has 1 saturated heterocycles. The molecule has 0 radical (unpaired) electrons. The van der Waals surface area contributed by atoms with Gasteiger partial charge in [-0.05, 0) is 72.6 Å². The van der Waals surface area contributed by atoms with E-state index in [0.717, 1.165) is 65.9 Å². The summed E-state index contributed by atoms with van der Waals surface area (Å²) in [6.07, 6.45) is 1.71. The van der Waals surface area contributed by atoms with Crippen molar-refractivity contribution in [2.45, 2.75) is 13.5 Å². The van der Waals surface area contributed by atoms with E-state index in [0.29, 0.717) is 16.3 Å². The number of carbonyl (C=O) groups excluding carboxylic acids is 1. The Hall–Kier alpha value is -3.52. The molecule has 0 aliphatic carbocycles. The lowest BCUT2D eigenvalue weighted by molar-refractivity contribution is 0.102. The number of rotatable bonds is 5. The van der Waals surface area contributed by atoms with Crippen molar-refractivity contribution < 1.29 is 4.79 Å². The van der Waals surface area contributed by atoms with E-state index in [2.05, 4.69) is 32.1 Å². The summed E-state index contributed by atoms with van der Waals surface area (Å²) in [5.41, 5.74) is 11.8. The third kappa shape index (κ3) is 5.33. The van der Waals surface area contributed by atoms with Gasteiger partial charge >= 0.3 is 0 Å². The zero-order valence-electron chi connectivity index (χ0n) is 20.5. The number of likely N-dealkylation sites (N-methyl/N-ethyl adjacent to an activating group) is 1. The maximum absolute atomic E-state index is 13.1. The van der Waals surface area contributed by atoms with Gasteiger partial charge < -0.3 is 16.0 Å². The number of hydrogen-bond acceptors (Lipinski definition) is 6. The number of fused-ring (bicyclic) bond motifs is 1. The Kier molecular flexibility index (Phi) is 6.87. The summed E-state index contributed by atoms with van der Waals surface area (Å²) < 4.78 is 0. The van der Waals surface area contributed by atoms with Gasteiger partial charge in [-0.25, -0.2) is 9.97 Å². The first-order valence-electron chi connectivity index (χ1n) is 12.0. The van der Waals surface area contributed by atoms with Gasteiger partial charge in [-0.15, -0.1) is 0 Å². The van der Waals surface area contributed by atoms with Gasteiger partial charge in [0.05, 0.1) is 5.52 Å². The van der Waals surface area contributed by atoms with Crippen LogP contribution in [0.1, 0.15) is 21.5 Å². The summed E-state index contributed by atoms with van der Waals surface area (Å²) >= 11 is 6.58. The van der Waals surface area contributed by atoms with Crippen molar-refractivity contribution in [2.24, 2.45) is 0 Å². The van der Waals surface area contributed by atoms with Gasteiger partial charge in [0.15, 0.2) is 0 Å². The number of hydrogen-bond donors (Lipinski definition) is 2. The predicted molar refractivity (Wildman–Crippen MR) is 146 cm³/mol. The highest BCUT2D eigenvalue weighted by atomic mass is 35.5. The Morgan fingerprint density at radius 2 is 1.86 bits per heavy atom. The molecule has 4 aromatic rings. The zero-order valence-corrected chi connectivity index (χ0v) is 21.2. The molecule has 1 aromatic heterocycles. The van der Waals surface area contributed by atoms with E-state index in [9.17, 15) is 4.79 Å². The van der Waals surface area contributed by atoms with E-state index in [1.807, 2.05) is 61.5 Å². The molecule has 5 rings (SSSR count). The maximum atomic E-state index is 13.1. The molecular weight excluding hydrogens is 472 g/mol. The molecule has 1 aliphatic heterocycles. The van der Waals surface area contributed by atoms with E-state index in [1.54, 1.807) is 6.20 Å². The molecule has 2 heterocycles. The van der Waals surface area contributed by atoms with E-state index in [-0.39, 0.29) is 11.9 Å². The summed E-state index contributed by atoms with van der Waals surface area (Å²) in [5, 5.41) is 4.55. The van der Waals surface area contributed by atoms with Crippen molar-refractivity contribution in [1.82, 2.24) is 19.8 Å². The number of aromatic nitrogens is 2. The number of amides is 1. The quantitative estimate of drug-likeness (QED) is 0.407. The number of nitrogens with one attached hydrogen (secondary N) is 1. The summed E-state index contributed by atoms with van der Waals surface area (Å²) in [6, 6.07) is 17.4. The second-order valence-corrected chi connectivity index (χ2v) is 9.78. The third-order valence-corrected chi connectivity index (χ3v) is 7.06. The minimum Gasteiger partial charge on any atom is -0.368 e. The summed E-state index contributed by atoms with van der Waals surface area (Å²) in [6.45, 7) is 7.02. The molecule has 8 heteroatoms. The van der Waals surface area contributed by atoms with Crippen molar-refractivity contribution in [1.29, 1.82) is 0 Å². The molecule has 36 heavy (non-hydrogen) atoms. The standard InChI is InChI=1S/C28H29ClN6O/c1-18-3-4-20(14-24(18)19-6-8-26-22(13-19)16-31-28(30)33-26)27(36)32-23-7-5-21(25(29)15-23)17-35-11-9-34(2)10-12-35/h3-8,13-16H,9-12,17H2,1-2H3,(H,32,36)(H2,30,31,33). The largest absolute Gasteiger partial charge is 0.368 e. The normalized spacial score (nSPS) is 14.8. The summed E-state index contributed by atoms with van der Waals surface area (Å²) in [5.74, 6) is 0.0635. The number of halogens is 1. The SMILES string of the molecule is Cc1ccc(C(=O)Nc2ccc(CN3CCN(C)CC3)c(Cl)c2)cc1-c1ccc2nc(N)ncc2c1. The molecule has 0 atom stereocenters. The third-order valence-electron chi connectivity index (χ3n) is 6.71. The van der Waals surface area contributed by atoms with Crippen LogP contribution in [0.5, 0.6) is 0 Å². The van der Waals surface area contributed by atoms with Crippen molar-refractivity contribution >= 4 is 40.0 Å². The van der Waals surface area contributed by atoms with Crippen LogP contribution in [-0.4, -0.2) is 58.9 Å². The monoisotopic (exact) mass is 500 g/mol. The van der Waals surface area contributed by atoms with Gasteiger partial charge in [-0.3, -0.25) is 9.69 Å². The molecule has 0 bridgehead atoms. The van der Waals surface area contributed by atoms with E-state index in [4.69, 9.17) is 17.3 Å². The predicted octanol–water partition coefficient (Wildman–Crippen LogP) is 4.84. The van der Waals surface area contributed by atoms with Gasteiger partial charge in [0.2, 0.25) is 5.95 Å². The second-order valence-electron chi connectivity index (χ2n) is 9.37. The van der Waals surface area contributed by atoms with Crippen molar-refractivity contribution in [3.8, 4) is 11.1 Å². The number of aryl methyl sites for hydroxylation is 1. The van der Waals surface area contributed by atoms with Gasteiger partial charge in [0.25, 0.3) is 5.91 Å². The minimum atomic E-state index is -0.184. The van der Waals surface area contributed by atoms with Crippen LogP contribution in [0.25, 0.3) is 22.0 Å². The summed E-state index contributed by atoms with van der Waals surface area (Å²) in [4.78, 5) is 26.2. The molecule has 3 aromatic carbocycles. The van der Waals surface area contributed by atoms with Gasteiger partial charge in [-0.1, -0.05) is 29.8 Å². The lowest BCUT2D eigenvalue weighted by Crippen LogP contribution is -2.43. The molecule has 184 valence electrons. The van der Waals surface area contributed by atoms with Crippen LogP contribution >= 0.6 is 11.6 Å². The van der Waals surface area contributed by atoms with E-state index in [1.165, 1.54) is 0 Å². The first kappa shape index (κ1) is 24.2. The first-order chi connectivity index (χ1) is 17.4.